The molecule has 5 nitrogen and oxygen atoms in total. The molecule has 108 valence electrons. The van der Waals surface area contributed by atoms with Crippen LogP contribution in [0.3, 0.4) is 0 Å². The number of halogens is 1. The van der Waals surface area contributed by atoms with Gasteiger partial charge in [0, 0.05) is 19.1 Å². The number of ether oxygens (including phenoxy) is 1. The van der Waals surface area contributed by atoms with Crippen molar-refractivity contribution in [2.75, 3.05) is 38.7 Å². The van der Waals surface area contributed by atoms with E-state index >= 15 is 0 Å². The lowest BCUT2D eigenvalue weighted by Crippen LogP contribution is -2.49. The Morgan fingerprint density at radius 1 is 1.21 bits per heavy atom. The normalized spacial score (nSPS) is 20.6. The van der Waals surface area contributed by atoms with Gasteiger partial charge in [0.05, 0.1) is 13.2 Å². The number of carbonyl (C=O) groups excluding carboxylic acids is 2. The molecular weight excluding hydrogens is 268 g/mol. The second-order valence-corrected chi connectivity index (χ2v) is 5.35. The van der Waals surface area contributed by atoms with Gasteiger partial charge in [-0.2, -0.15) is 0 Å². The second kappa shape index (κ2) is 7.10. The Bertz CT molecular complexity index is 326. The van der Waals surface area contributed by atoms with Crippen LogP contribution in [0.15, 0.2) is 0 Å². The van der Waals surface area contributed by atoms with Gasteiger partial charge in [-0.25, -0.2) is 0 Å². The molecule has 0 unspecified atom stereocenters. The van der Waals surface area contributed by atoms with E-state index in [2.05, 4.69) is 0 Å². The first kappa shape index (κ1) is 14.6. The fourth-order valence-electron chi connectivity index (χ4n) is 2.77. The van der Waals surface area contributed by atoms with Gasteiger partial charge in [-0.3, -0.25) is 9.59 Å². The Morgan fingerprint density at radius 3 is 2.42 bits per heavy atom. The monoisotopic (exact) mass is 288 g/mol. The van der Waals surface area contributed by atoms with Gasteiger partial charge in [-0.1, -0.05) is 12.8 Å². The van der Waals surface area contributed by atoms with E-state index in [9.17, 15) is 9.59 Å². The number of rotatable bonds is 4. The van der Waals surface area contributed by atoms with Crippen molar-refractivity contribution in [3.63, 3.8) is 0 Å². The topological polar surface area (TPSA) is 49.9 Å². The van der Waals surface area contributed by atoms with Gasteiger partial charge in [0.2, 0.25) is 11.8 Å². The van der Waals surface area contributed by atoms with Gasteiger partial charge in [-0.15, -0.1) is 11.6 Å². The highest BCUT2D eigenvalue weighted by atomic mass is 35.5. The lowest BCUT2D eigenvalue weighted by Gasteiger charge is -2.32. The van der Waals surface area contributed by atoms with Crippen LogP contribution >= 0.6 is 11.6 Å². The third-order valence-electron chi connectivity index (χ3n) is 3.87. The smallest absolute Gasteiger partial charge is 0.242 e. The van der Waals surface area contributed by atoms with Crippen molar-refractivity contribution in [3.8, 4) is 0 Å². The highest BCUT2D eigenvalue weighted by Gasteiger charge is 2.29. The molecule has 1 heterocycles. The Hall–Kier alpha value is -0.810. The SMILES string of the molecule is O=C(CN(C(=O)CCl)C1CCCC1)N1CCOCC1. The van der Waals surface area contributed by atoms with Crippen molar-refractivity contribution in [2.45, 2.75) is 31.7 Å². The summed E-state index contributed by atoms with van der Waals surface area (Å²) in [6.45, 7) is 2.56. The molecule has 0 aromatic rings. The molecule has 19 heavy (non-hydrogen) atoms. The first-order chi connectivity index (χ1) is 9.22. The largest absolute Gasteiger partial charge is 0.378 e. The van der Waals surface area contributed by atoms with Crippen molar-refractivity contribution < 1.29 is 14.3 Å². The van der Waals surface area contributed by atoms with E-state index in [-0.39, 0.29) is 30.3 Å². The number of alkyl halides is 1. The minimum atomic E-state index is -0.129. The van der Waals surface area contributed by atoms with Crippen LogP contribution in [0.2, 0.25) is 0 Å². The predicted molar refractivity (Wildman–Crippen MR) is 72.1 cm³/mol. The van der Waals surface area contributed by atoms with Gasteiger partial charge in [0.25, 0.3) is 0 Å². The number of hydrogen-bond donors (Lipinski definition) is 0. The number of morpholine rings is 1. The molecule has 0 spiro atoms. The standard InChI is InChI=1S/C13H21ClN2O3/c14-9-12(17)16(11-3-1-2-4-11)10-13(18)15-5-7-19-8-6-15/h11H,1-10H2. The van der Waals surface area contributed by atoms with Gasteiger partial charge in [0.1, 0.15) is 12.4 Å². The fraction of sp³-hybridized carbons (Fsp3) is 0.846. The van der Waals surface area contributed by atoms with E-state index < -0.39 is 0 Å². The molecule has 6 heteroatoms. The Labute approximate surface area is 118 Å². The van der Waals surface area contributed by atoms with E-state index in [0.717, 1.165) is 25.7 Å². The van der Waals surface area contributed by atoms with Crippen molar-refractivity contribution in [3.05, 3.63) is 0 Å². The summed E-state index contributed by atoms with van der Waals surface area (Å²) in [6.07, 6.45) is 4.23. The first-order valence-corrected chi connectivity index (χ1v) is 7.47. The maximum absolute atomic E-state index is 12.2. The van der Waals surface area contributed by atoms with Gasteiger partial charge >= 0.3 is 0 Å². The molecule has 0 aromatic heterocycles. The van der Waals surface area contributed by atoms with Crippen LogP contribution in [-0.2, 0) is 14.3 Å². The number of nitrogens with zero attached hydrogens (tertiary/aromatic N) is 2. The quantitative estimate of drug-likeness (QED) is 0.721. The highest BCUT2D eigenvalue weighted by molar-refractivity contribution is 6.27. The average molecular weight is 289 g/mol. The van der Waals surface area contributed by atoms with Crippen LogP contribution in [0, 0.1) is 0 Å². The van der Waals surface area contributed by atoms with E-state index in [4.69, 9.17) is 16.3 Å². The van der Waals surface area contributed by atoms with E-state index in [1.54, 1.807) is 9.80 Å². The average Bonchev–Trinajstić information content (AvgIpc) is 2.98. The maximum Gasteiger partial charge on any atom is 0.242 e. The molecule has 1 aliphatic heterocycles. The van der Waals surface area contributed by atoms with E-state index in [0.29, 0.717) is 26.3 Å². The van der Waals surface area contributed by atoms with Crippen LogP contribution in [-0.4, -0.2) is 66.4 Å². The zero-order valence-electron chi connectivity index (χ0n) is 11.1. The maximum atomic E-state index is 12.2. The molecule has 2 amide bonds. The Morgan fingerprint density at radius 2 is 1.84 bits per heavy atom. The van der Waals surface area contributed by atoms with E-state index in [1.165, 1.54) is 0 Å². The lowest BCUT2D eigenvalue weighted by molar-refractivity contribution is -0.143. The van der Waals surface area contributed by atoms with Crippen molar-refractivity contribution >= 4 is 23.4 Å². The molecule has 2 aliphatic rings. The molecule has 1 aliphatic carbocycles. The predicted octanol–water partition coefficient (Wildman–Crippen LogP) is 0.855. The van der Waals surface area contributed by atoms with Crippen molar-refractivity contribution in [1.29, 1.82) is 0 Å². The summed E-state index contributed by atoms with van der Waals surface area (Å²) in [4.78, 5) is 27.6. The molecule has 2 rings (SSSR count). The third-order valence-corrected chi connectivity index (χ3v) is 4.10. The second-order valence-electron chi connectivity index (χ2n) is 5.09. The van der Waals surface area contributed by atoms with Crippen LogP contribution in [0.1, 0.15) is 25.7 Å². The van der Waals surface area contributed by atoms with Crippen LogP contribution < -0.4 is 0 Å². The molecule has 0 N–H and O–H groups in total. The minimum absolute atomic E-state index is 0.00802. The van der Waals surface area contributed by atoms with Crippen LogP contribution in [0.5, 0.6) is 0 Å². The summed E-state index contributed by atoms with van der Waals surface area (Å²) in [5.74, 6) is -0.170. The summed E-state index contributed by atoms with van der Waals surface area (Å²) >= 11 is 5.66. The molecular formula is C13H21ClN2O3. The van der Waals surface area contributed by atoms with Gasteiger partial charge in [0.15, 0.2) is 0 Å². The molecule has 2 fully saturated rings. The Balaban J connectivity index is 1.94. The zero-order valence-corrected chi connectivity index (χ0v) is 11.9. The minimum Gasteiger partial charge on any atom is -0.378 e. The Kier molecular flexibility index (Phi) is 5.45. The number of amides is 2. The molecule has 0 bridgehead atoms. The van der Waals surface area contributed by atoms with Crippen LogP contribution in [0.25, 0.3) is 0 Å². The number of carbonyl (C=O) groups is 2. The van der Waals surface area contributed by atoms with Crippen molar-refractivity contribution in [2.24, 2.45) is 0 Å². The summed E-state index contributed by atoms with van der Waals surface area (Å²) in [6, 6.07) is 0.191. The summed E-state index contributed by atoms with van der Waals surface area (Å²) in [5.41, 5.74) is 0. The van der Waals surface area contributed by atoms with Crippen molar-refractivity contribution in [1.82, 2.24) is 9.80 Å². The van der Waals surface area contributed by atoms with Gasteiger partial charge in [-0.05, 0) is 12.8 Å². The highest BCUT2D eigenvalue weighted by Crippen LogP contribution is 2.23. The third kappa shape index (κ3) is 3.83. The summed E-state index contributed by atoms with van der Waals surface area (Å²) in [5, 5.41) is 0. The zero-order chi connectivity index (χ0) is 13.7. The molecule has 1 saturated carbocycles. The molecule has 1 saturated heterocycles. The van der Waals surface area contributed by atoms with E-state index in [1.807, 2.05) is 0 Å². The number of hydrogen-bond acceptors (Lipinski definition) is 3. The molecule has 0 radical (unpaired) electrons. The fourth-order valence-corrected chi connectivity index (χ4v) is 2.93. The summed E-state index contributed by atoms with van der Waals surface area (Å²) in [7, 11) is 0. The molecule has 0 atom stereocenters. The summed E-state index contributed by atoms with van der Waals surface area (Å²) < 4.78 is 5.23. The molecule has 0 aromatic carbocycles. The van der Waals surface area contributed by atoms with Gasteiger partial charge < -0.3 is 14.5 Å². The first-order valence-electron chi connectivity index (χ1n) is 6.93. The van der Waals surface area contributed by atoms with Crippen LogP contribution in [0.4, 0.5) is 0 Å². The lowest BCUT2D eigenvalue weighted by atomic mass is 10.2.